The van der Waals surface area contributed by atoms with E-state index in [1.165, 1.54) is 4.90 Å². The maximum Gasteiger partial charge on any atom is 0.271 e. The van der Waals surface area contributed by atoms with Crippen molar-refractivity contribution in [3.05, 3.63) is 64.1 Å². The van der Waals surface area contributed by atoms with Crippen LogP contribution in [0.3, 0.4) is 0 Å². The molecule has 1 aliphatic heterocycles. The fourth-order valence-electron chi connectivity index (χ4n) is 2.50. The van der Waals surface area contributed by atoms with Crippen LogP contribution in [-0.2, 0) is 9.59 Å². The molecule has 1 saturated heterocycles. The number of benzene rings is 2. The second-order valence-electron chi connectivity index (χ2n) is 6.01. The number of anilines is 1. The van der Waals surface area contributed by atoms with Gasteiger partial charge < -0.3 is 5.32 Å². The molecule has 0 saturated carbocycles. The molecule has 0 aromatic heterocycles. The lowest BCUT2D eigenvalue weighted by Gasteiger charge is -2.30. The van der Waals surface area contributed by atoms with E-state index in [1.54, 1.807) is 48.5 Å². The molecule has 1 atom stereocenters. The van der Waals surface area contributed by atoms with Gasteiger partial charge >= 0.3 is 0 Å². The van der Waals surface area contributed by atoms with Crippen LogP contribution in [0.5, 0.6) is 0 Å². The van der Waals surface area contributed by atoms with E-state index in [0.717, 1.165) is 16.3 Å². The molecule has 28 heavy (non-hydrogen) atoms. The monoisotopic (exact) mass is 458 g/mol. The van der Waals surface area contributed by atoms with Crippen LogP contribution < -0.4 is 15.6 Å². The number of nitrogens with one attached hydrogen (secondary N) is 2. The Morgan fingerprint density at radius 2 is 1.82 bits per heavy atom. The van der Waals surface area contributed by atoms with Crippen LogP contribution in [0.2, 0.25) is 0 Å². The topological polar surface area (TPSA) is 90.9 Å². The molecule has 3 rings (SSSR count). The first-order valence-corrected chi connectivity index (χ1v) is 9.41. The maximum absolute atomic E-state index is 12.8. The molecule has 1 aliphatic rings. The first-order valence-electron chi connectivity index (χ1n) is 8.21. The Morgan fingerprint density at radius 3 is 2.46 bits per heavy atom. The predicted molar refractivity (Wildman–Crippen MR) is 113 cm³/mol. The minimum atomic E-state index is -1.21. The Hall–Kier alpha value is -2.91. The van der Waals surface area contributed by atoms with Gasteiger partial charge in [-0.05, 0) is 55.5 Å². The van der Waals surface area contributed by atoms with E-state index in [1.807, 2.05) is 6.92 Å². The van der Waals surface area contributed by atoms with Gasteiger partial charge in [-0.3, -0.25) is 19.3 Å². The minimum absolute atomic E-state index is 0.00864. The number of nitrogens with zero attached hydrogens (tertiary/aromatic N) is 2. The molecule has 3 amide bonds. The highest BCUT2D eigenvalue weighted by Gasteiger charge is 2.38. The van der Waals surface area contributed by atoms with Crippen LogP contribution in [0.1, 0.15) is 15.9 Å². The summed E-state index contributed by atoms with van der Waals surface area (Å²) in [4.78, 5) is 38.3. The summed E-state index contributed by atoms with van der Waals surface area (Å²) < 4.78 is 0.840. The zero-order valence-corrected chi connectivity index (χ0v) is 17.1. The summed E-state index contributed by atoms with van der Waals surface area (Å²) in [7, 11) is 0. The van der Waals surface area contributed by atoms with Crippen molar-refractivity contribution in [2.45, 2.75) is 6.92 Å². The molecule has 0 aliphatic carbocycles. The molecule has 0 bridgehead atoms. The number of hydrogen-bond acceptors (Lipinski definition) is 5. The van der Waals surface area contributed by atoms with Crippen molar-refractivity contribution in [2.24, 2.45) is 11.0 Å². The van der Waals surface area contributed by atoms with E-state index in [-0.39, 0.29) is 5.11 Å². The van der Waals surface area contributed by atoms with E-state index in [9.17, 15) is 14.4 Å². The largest absolute Gasteiger partial charge is 0.301 e. The molecule has 0 radical (unpaired) electrons. The molecule has 1 fully saturated rings. The third kappa shape index (κ3) is 4.32. The number of aryl methyl sites for hydroxylation is 1. The summed E-state index contributed by atoms with van der Waals surface area (Å²) in [6, 6.07) is 13.8. The molecular weight excluding hydrogens is 444 g/mol. The van der Waals surface area contributed by atoms with Gasteiger partial charge in [0.1, 0.15) is 0 Å². The summed E-state index contributed by atoms with van der Waals surface area (Å²) in [5.74, 6) is -2.81. The standard InChI is InChI=1S/C19H15BrN4O3S/c1-11-2-4-12(5-3-11)16(25)23-21-10-15-17(26)22-19(28)24(18(15)27)14-8-6-13(20)7-9-14/h2-10,15H,1H3,(H,23,25)(H,22,26,28)/b21-10-/t15-/m0/s1. The molecule has 9 heteroatoms. The normalized spacial score (nSPS) is 17.0. The molecular formula is C19H15BrN4O3S. The van der Waals surface area contributed by atoms with Crippen molar-refractivity contribution in [3.8, 4) is 0 Å². The average molecular weight is 459 g/mol. The second kappa shape index (κ2) is 8.41. The fourth-order valence-corrected chi connectivity index (χ4v) is 3.06. The van der Waals surface area contributed by atoms with Crippen LogP contribution in [0, 0.1) is 12.8 Å². The highest BCUT2D eigenvalue weighted by Crippen LogP contribution is 2.22. The van der Waals surface area contributed by atoms with E-state index >= 15 is 0 Å². The van der Waals surface area contributed by atoms with Gasteiger partial charge in [0.05, 0.1) is 5.69 Å². The molecule has 7 nitrogen and oxygen atoms in total. The number of hydrazone groups is 1. The van der Waals surface area contributed by atoms with Gasteiger partial charge in [0.25, 0.3) is 11.8 Å². The summed E-state index contributed by atoms with van der Waals surface area (Å²) >= 11 is 8.45. The van der Waals surface area contributed by atoms with Gasteiger partial charge in [-0.1, -0.05) is 33.6 Å². The molecule has 2 N–H and O–H groups in total. The van der Waals surface area contributed by atoms with Gasteiger partial charge in [-0.15, -0.1) is 0 Å². The number of rotatable bonds is 4. The van der Waals surface area contributed by atoms with Gasteiger partial charge in [0, 0.05) is 16.3 Å². The Morgan fingerprint density at radius 1 is 1.18 bits per heavy atom. The third-order valence-corrected chi connectivity index (χ3v) is 4.80. The van der Waals surface area contributed by atoms with Crippen LogP contribution in [0.4, 0.5) is 5.69 Å². The number of carbonyl (C=O) groups is 3. The van der Waals surface area contributed by atoms with E-state index < -0.39 is 23.6 Å². The minimum Gasteiger partial charge on any atom is -0.301 e. The van der Waals surface area contributed by atoms with Crippen molar-refractivity contribution in [1.29, 1.82) is 0 Å². The van der Waals surface area contributed by atoms with Crippen molar-refractivity contribution < 1.29 is 14.4 Å². The lowest BCUT2D eigenvalue weighted by molar-refractivity contribution is -0.130. The summed E-state index contributed by atoms with van der Waals surface area (Å²) in [5, 5.41) is 6.25. The van der Waals surface area contributed by atoms with Crippen LogP contribution >= 0.6 is 28.1 Å². The highest BCUT2D eigenvalue weighted by atomic mass is 79.9. The zero-order valence-electron chi connectivity index (χ0n) is 14.7. The van der Waals surface area contributed by atoms with Crippen molar-refractivity contribution >= 4 is 62.9 Å². The van der Waals surface area contributed by atoms with Crippen molar-refractivity contribution in [3.63, 3.8) is 0 Å². The molecule has 2 aromatic rings. The molecule has 2 aromatic carbocycles. The fraction of sp³-hybridized carbons (Fsp3) is 0.105. The lowest BCUT2D eigenvalue weighted by Crippen LogP contribution is -2.58. The first-order chi connectivity index (χ1) is 13.4. The Labute approximate surface area is 174 Å². The third-order valence-electron chi connectivity index (χ3n) is 3.99. The highest BCUT2D eigenvalue weighted by molar-refractivity contribution is 9.10. The van der Waals surface area contributed by atoms with Crippen LogP contribution in [0.25, 0.3) is 0 Å². The number of halogens is 1. The lowest BCUT2D eigenvalue weighted by atomic mass is 10.1. The van der Waals surface area contributed by atoms with Crippen molar-refractivity contribution in [2.75, 3.05) is 4.90 Å². The van der Waals surface area contributed by atoms with E-state index in [0.29, 0.717) is 11.3 Å². The Bertz CT molecular complexity index is 974. The van der Waals surface area contributed by atoms with Crippen LogP contribution in [-0.4, -0.2) is 29.0 Å². The molecule has 142 valence electrons. The zero-order chi connectivity index (χ0) is 20.3. The number of amides is 3. The molecule has 0 spiro atoms. The second-order valence-corrected chi connectivity index (χ2v) is 7.31. The quantitative estimate of drug-likeness (QED) is 0.318. The Kier molecular flexibility index (Phi) is 5.96. The van der Waals surface area contributed by atoms with Crippen molar-refractivity contribution in [1.82, 2.24) is 10.7 Å². The van der Waals surface area contributed by atoms with E-state index in [4.69, 9.17) is 12.2 Å². The molecule has 1 heterocycles. The van der Waals surface area contributed by atoms with E-state index in [2.05, 4.69) is 31.8 Å². The number of hydrogen-bond donors (Lipinski definition) is 2. The van der Waals surface area contributed by atoms with Gasteiger partial charge in [-0.25, -0.2) is 5.43 Å². The summed E-state index contributed by atoms with van der Waals surface area (Å²) in [6.45, 7) is 1.91. The first kappa shape index (κ1) is 19.8. The summed E-state index contributed by atoms with van der Waals surface area (Å²) in [5.41, 5.74) is 4.27. The van der Waals surface area contributed by atoms with Crippen LogP contribution in [0.15, 0.2) is 58.1 Å². The van der Waals surface area contributed by atoms with Gasteiger partial charge in [-0.2, -0.15) is 5.10 Å². The Balaban J connectivity index is 1.74. The number of thiocarbonyl (C=S) groups is 1. The van der Waals surface area contributed by atoms with Gasteiger partial charge in [0.15, 0.2) is 11.0 Å². The SMILES string of the molecule is Cc1ccc(C(=O)N/N=C\[C@H]2C(=O)NC(=S)N(c3ccc(Br)cc3)C2=O)cc1. The summed E-state index contributed by atoms with van der Waals surface area (Å²) in [6.07, 6.45) is 1.09. The smallest absolute Gasteiger partial charge is 0.271 e. The number of carbonyl (C=O) groups excluding carboxylic acids is 3. The maximum atomic E-state index is 12.8. The van der Waals surface area contributed by atoms with Gasteiger partial charge in [0.2, 0.25) is 5.91 Å². The average Bonchev–Trinajstić information content (AvgIpc) is 2.66. The molecule has 0 unspecified atom stereocenters. The predicted octanol–water partition coefficient (Wildman–Crippen LogP) is 2.54.